The molecule has 1 N–H and O–H groups in total. The van der Waals surface area contributed by atoms with Crippen LogP contribution in [0.15, 0.2) is 52.0 Å². The number of hydrogen-bond donors (Lipinski definition) is 1. The Morgan fingerprint density at radius 1 is 1.32 bits per heavy atom. The fourth-order valence-corrected chi connectivity index (χ4v) is 3.25. The van der Waals surface area contributed by atoms with Crippen molar-refractivity contribution in [2.24, 2.45) is 11.0 Å². The molecule has 2 aromatic carbocycles. The number of nitrogens with one attached hydrogen (secondary N) is 1. The summed E-state index contributed by atoms with van der Waals surface area (Å²) in [5.74, 6) is 1.31. The van der Waals surface area contributed by atoms with Gasteiger partial charge in [0, 0.05) is 22.5 Å². The molecule has 2 aromatic rings. The van der Waals surface area contributed by atoms with E-state index in [9.17, 15) is 4.79 Å². The highest BCUT2D eigenvalue weighted by Crippen LogP contribution is 2.32. The SMILES string of the molecule is CC[C@@H]1CC(Cc2ccc(Cl)c(Oc3cccc(Br)c3)c2)=NNC1=O. The van der Waals surface area contributed by atoms with Crippen molar-refractivity contribution in [3.05, 3.63) is 57.5 Å². The molecule has 0 radical (unpaired) electrons. The predicted molar refractivity (Wildman–Crippen MR) is 103 cm³/mol. The number of carbonyl (C=O) groups is 1. The molecule has 0 unspecified atom stereocenters. The molecule has 4 nitrogen and oxygen atoms in total. The molecule has 3 rings (SSSR count). The van der Waals surface area contributed by atoms with Crippen LogP contribution < -0.4 is 10.2 Å². The number of hydrazone groups is 1. The van der Waals surface area contributed by atoms with Gasteiger partial charge in [0.2, 0.25) is 5.91 Å². The van der Waals surface area contributed by atoms with Crippen LogP contribution in [0.1, 0.15) is 25.3 Å². The van der Waals surface area contributed by atoms with Crippen molar-refractivity contribution in [2.45, 2.75) is 26.2 Å². The number of halogens is 2. The van der Waals surface area contributed by atoms with Gasteiger partial charge in [0.15, 0.2) is 0 Å². The van der Waals surface area contributed by atoms with Crippen molar-refractivity contribution in [1.82, 2.24) is 5.43 Å². The maximum atomic E-state index is 11.7. The zero-order valence-electron chi connectivity index (χ0n) is 13.8. The molecule has 1 aliphatic heterocycles. The molecule has 1 heterocycles. The zero-order chi connectivity index (χ0) is 17.8. The molecule has 0 aromatic heterocycles. The van der Waals surface area contributed by atoms with E-state index in [-0.39, 0.29) is 11.8 Å². The van der Waals surface area contributed by atoms with E-state index in [1.165, 1.54) is 0 Å². The number of carbonyl (C=O) groups excluding carboxylic acids is 1. The molecule has 25 heavy (non-hydrogen) atoms. The maximum Gasteiger partial charge on any atom is 0.243 e. The minimum Gasteiger partial charge on any atom is -0.456 e. The molecule has 0 fully saturated rings. The van der Waals surface area contributed by atoms with Crippen molar-refractivity contribution < 1.29 is 9.53 Å². The van der Waals surface area contributed by atoms with Gasteiger partial charge in [-0.05, 0) is 48.7 Å². The Balaban J connectivity index is 1.76. The molecular weight excluding hydrogens is 404 g/mol. The summed E-state index contributed by atoms with van der Waals surface area (Å²) in [5, 5.41) is 4.74. The lowest BCUT2D eigenvalue weighted by Gasteiger charge is -2.20. The molecule has 0 saturated carbocycles. The lowest BCUT2D eigenvalue weighted by molar-refractivity contribution is -0.125. The lowest BCUT2D eigenvalue weighted by Crippen LogP contribution is -2.34. The summed E-state index contributed by atoms with van der Waals surface area (Å²) < 4.78 is 6.85. The Morgan fingerprint density at radius 2 is 2.16 bits per heavy atom. The van der Waals surface area contributed by atoms with Gasteiger partial charge < -0.3 is 4.74 Å². The Morgan fingerprint density at radius 3 is 2.92 bits per heavy atom. The van der Waals surface area contributed by atoms with E-state index in [0.29, 0.717) is 29.4 Å². The van der Waals surface area contributed by atoms with Crippen LogP contribution in [0, 0.1) is 5.92 Å². The third kappa shape index (κ3) is 4.61. The highest BCUT2D eigenvalue weighted by molar-refractivity contribution is 9.10. The van der Waals surface area contributed by atoms with Gasteiger partial charge in [0.05, 0.1) is 5.02 Å². The highest BCUT2D eigenvalue weighted by Gasteiger charge is 2.23. The molecule has 0 spiro atoms. The van der Waals surface area contributed by atoms with Gasteiger partial charge in [-0.15, -0.1) is 0 Å². The van der Waals surface area contributed by atoms with Crippen LogP contribution in [0.5, 0.6) is 11.5 Å². The Hall–Kier alpha value is -1.85. The normalized spacial score (nSPS) is 17.0. The van der Waals surface area contributed by atoms with E-state index in [2.05, 4.69) is 26.5 Å². The largest absolute Gasteiger partial charge is 0.456 e. The molecular formula is C19H18BrClN2O2. The van der Waals surface area contributed by atoms with E-state index in [0.717, 1.165) is 22.2 Å². The highest BCUT2D eigenvalue weighted by atomic mass is 79.9. The van der Waals surface area contributed by atoms with Gasteiger partial charge in [-0.3, -0.25) is 4.79 Å². The average molecular weight is 422 g/mol. The van der Waals surface area contributed by atoms with E-state index < -0.39 is 0 Å². The number of rotatable bonds is 5. The summed E-state index contributed by atoms with van der Waals surface area (Å²) >= 11 is 9.70. The van der Waals surface area contributed by atoms with Gasteiger partial charge in [-0.1, -0.05) is 46.6 Å². The summed E-state index contributed by atoms with van der Waals surface area (Å²) in [6, 6.07) is 13.3. The second-order valence-electron chi connectivity index (χ2n) is 5.96. The number of nitrogens with zero attached hydrogens (tertiary/aromatic N) is 1. The Bertz CT molecular complexity index is 823. The van der Waals surface area contributed by atoms with Crippen LogP contribution in [-0.2, 0) is 11.2 Å². The van der Waals surface area contributed by atoms with Crippen molar-refractivity contribution in [1.29, 1.82) is 0 Å². The van der Waals surface area contributed by atoms with Crippen molar-refractivity contribution in [2.75, 3.05) is 0 Å². The van der Waals surface area contributed by atoms with Crippen LogP contribution in [0.3, 0.4) is 0 Å². The first-order chi connectivity index (χ1) is 12.0. The smallest absolute Gasteiger partial charge is 0.243 e. The average Bonchev–Trinajstić information content (AvgIpc) is 2.59. The monoisotopic (exact) mass is 420 g/mol. The van der Waals surface area contributed by atoms with Gasteiger partial charge in [-0.2, -0.15) is 5.10 Å². The Labute approximate surface area is 160 Å². The van der Waals surface area contributed by atoms with E-state index in [1.54, 1.807) is 0 Å². The molecule has 0 saturated heterocycles. The summed E-state index contributed by atoms with van der Waals surface area (Å²) in [4.78, 5) is 11.7. The van der Waals surface area contributed by atoms with Gasteiger partial charge in [-0.25, -0.2) is 5.43 Å². The molecule has 130 valence electrons. The maximum absolute atomic E-state index is 11.7. The van der Waals surface area contributed by atoms with E-state index in [4.69, 9.17) is 16.3 Å². The van der Waals surface area contributed by atoms with Crippen molar-refractivity contribution in [3.63, 3.8) is 0 Å². The molecule has 1 aliphatic rings. The third-order valence-corrected chi connectivity index (χ3v) is 4.90. The first-order valence-corrected chi connectivity index (χ1v) is 9.29. The second-order valence-corrected chi connectivity index (χ2v) is 7.29. The molecule has 0 bridgehead atoms. The second kappa shape index (κ2) is 8.02. The number of benzene rings is 2. The number of ether oxygens (including phenoxy) is 1. The van der Waals surface area contributed by atoms with Crippen molar-refractivity contribution >= 4 is 39.1 Å². The van der Waals surface area contributed by atoms with Crippen LogP contribution in [0.25, 0.3) is 0 Å². The summed E-state index contributed by atoms with van der Waals surface area (Å²) in [5.41, 5.74) is 4.61. The predicted octanol–water partition coefficient (Wildman–Crippen LogP) is 5.34. The molecule has 0 aliphatic carbocycles. The van der Waals surface area contributed by atoms with Crippen LogP contribution in [-0.4, -0.2) is 11.6 Å². The lowest BCUT2D eigenvalue weighted by atomic mass is 9.94. The minimum atomic E-state index is -0.00260. The standard InChI is InChI=1S/C19H18BrClN2O2/c1-2-13-10-15(22-23-19(13)24)8-12-6-7-17(21)18(9-12)25-16-5-3-4-14(20)11-16/h3-7,9,11,13H,2,8,10H2,1H3,(H,23,24)/t13-/m1/s1. The van der Waals surface area contributed by atoms with Crippen LogP contribution in [0.2, 0.25) is 5.02 Å². The van der Waals surface area contributed by atoms with Gasteiger partial charge >= 0.3 is 0 Å². The van der Waals surface area contributed by atoms with Crippen LogP contribution >= 0.6 is 27.5 Å². The number of amides is 1. The summed E-state index contributed by atoms with van der Waals surface area (Å²) in [7, 11) is 0. The Kier molecular flexibility index (Phi) is 5.76. The van der Waals surface area contributed by atoms with E-state index >= 15 is 0 Å². The molecule has 6 heteroatoms. The molecule has 1 atom stereocenters. The van der Waals surface area contributed by atoms with Gasteiger partial charge in [0.1, 0.15) is 11.5 Å². The fraction of sp³-hybridized carbons (Fsp3) is 0.263. The van der Waals surface area contributed by atoms with E-state index in [1.807, 2.05) is 49.4 Å². The quantitative estimate of drug-likeness (QED) is 0.708. The first kappa shape index (κ1) is 18.0. The summed E-state index contributed by atoms with van der Waals surface area (Å²) in [6.45, 7) is 2.01. The minimum absolute atomic E-state index is 0.000956. The van der Waals surface area contributed by atoms with Gasteiger partial charge in [0.25, 0.3) is 0 Å². The first-order valence-electron chi connectivity index (χ1n) is 8.12. The van der Waals surface area contributed by atoms with Crippen LogP contribution in [0.4, 0.5) is 0 Å². The van der Waals surface area contributed by atoms with Crippen molar-refractivity contribution in [3.8, 4) is 11.5 Å². The topological polar surface area (TPSA) is 50.7 Å². The number of hydrogen-bond acceptors (Lipinski definition) is 3. The third-order valence-electron chi connectivity index (χ3n) is 4.10. The molecule has 1 amide bonds. The summed E-state index contributed by atoms with van der Waals surface area (Å²) in [6.07, 6.45) is 2.15. The zero-order valence-corrected chi connectivity index (χ0v) is 16.1. The fourth-order valence-electron chi connectivity index (χ4n) is 2.72.